The molecule has 1 aromatic heterocycles. The summed E-state index contributed by atoms with van der Waals surface area (Å²) in [5.74, 6) is 5.89. The fourth-order valence-electron chi connectivity index (χ4n) is 3.72. The third-order valence-electron chi connectivity index (χ3n) is 5.46. The van der Waals surface area contributed by atoms with E-state index in [0.29, 0.717) is 27.2 Å². The van der Waals surface area contributed by atoms with Gasteiger partial charge in [-0.2, -0.15) is 5.84 Å². The Kier molecular flexibility index (Phi) is 7.63. The maximum Gasteiger partial charge on any atom is 0.203 e. The van der Waals surface area contributed by atoms with Crippen molar-refractivity contribution in [2.75, 3.05) is 5.32 Å². The zero-order valence-electron chi connectivity index (χ0n) is 18.1. The second-order valence-electron chi connectivity index (χ2n) is 7.74. The van der Waals surface area contributed by atoms with Crippen molar-refractivity contribution in [1.29, 1.82) is 5.41 Å². The normalized spacial score (nSPS) is 12.8. The number of hydrogen-bond donors (Lipinski definition) is 5. The van der Waals surface area contributed by atoms with Gasteiger partial charge in [-0.1, -0.05) is 59.1 Å². The van der Waals surface area contributed by atoms with E-state index >= 15 is 0 Å². The lowest BCUT2D eigenvalue weighted by Crippen LogP contribution is -2.89. The number of quaternary nitrogens is 1. The van der Waals surface area contributed by atoms with E-state index in [0.717, 1.165) is 22.4 Å². The van der Waals surface area contributed by atoms with Gasteiger partial charge in [0.25, 0.3) is 0 Å². The number of nitrogens with two attached hydrogens (primary N) is 2. The molecule has 10 heteroatoms. The monoisotopic (exact) mass is 517 g/mol. The maximum atomic E-state index is 10.9. The Labute approximate surface area is 211 Å². The van der Waals surface area contributed by atoms with Crippen LogP contribution >= 0.6 is 34.8 Å². The number of imidazole rings is 1. The van der Waals surface area contributed by atoms with Gasteiger partial charge in [-0.05, 0) is 48.0 Å². The number of nitrogens with one attached hydrogen (secondary N) is 2. The van der Waals surface area contributed by atoms with Crippen LogP contribution in [0.3, 0.4) is 0 Å². The first kappa shape index (κ1) is 24.3. The number of halogens is 3. The fourth-order valence-corrected chi connectivity index (χ4v) is 4.22. The molecule has 1 atom stereocenters. The molecular formula is C24H24Cl3N6O+. The molecule has 176 valence electrons. The molecule has 0 fully saturated rings. The van der Waals surface area contributed by atoms with Crippen molar-refractivity contribution in [3.05, 3.63) is 105 Å². The molecule has 34 heavy (non-hydrogen) atoms. The SMILES string of the molecule is N=c1n(C/C(=C/Nc2cccc(Cl)c2)[NH2+]N)c2ccccc2n1CC(O)c1ccc(Cl)c(Cl)c1. The summed E-state index contributed by atoms with van der Waals surface area (Å²) < 4.78 is 3.60. The van der Waals surface area contributed by atoms with Crippen molar-refractivity contribution in [3.8, 4) is 0 Å². The third kappa shape index (κ3) is 5.31. The summed E-state index contributed by atoms with van der Waals surface area (Å²) in [6.07, 6.45) is 0.915. The number of nitrogens with zero attached hydrogens (tertiary/aromatic N) is 2. The molecule has 1 unspecified atom stereocenters. The van der Waals surface area contributed by atoms with Crippen molar-refractivity contribution in [2.24, 2.45) is 5.84 Å². The predicted octanol–water partition coefficient (Wildman–Crippen LogP) is 4.01. The second-order valence-corrected chi connectivity index (χ2v) is 8.99. The molecule has 0 amide bonds. The number of para-hydroxylation sites is 2. The number of aliphatic hydroxyl groups is 1. The van der Waals surface area contributed by atoms with Crippen LogP contribution in [0.4, 0.5) is 5.69 Å². The van der Waals surface area contributed by atoms with E-state index in [1.807, 2.05) is 47.0 Å². The Morgan fingerprint density at radius 2 is 1.74 bits per heavy atom. The molecule has 4 aromatic rings. The van der Waals surface area contributed by atoms with Crippen LogP contribution in [0.5, 0.6) is 0 Å². The van der Waals surface area contributed by atoms with Crippen LogP contribution in [-0.4, -0.2) is 14.2 Å². The van der Waals surface area contributed by atoms with Gasteiger partial charge in [0.2, 0.25) is 5.62 Å². The van der Waals surface area contributed by atoms with Crippen molar-refractivity contribution in [3.63, 3.8) is 0 Å². The van der Waals surface area contributed by atoms with Gasteiger partial charge in [-0.3, -0.25) is 5.41 Å². The quantitative estimate of drug-likeness (QED) is 0.180. The van der Waals surface area contributed by atoms with Gasteiger partial charge in [0, 0.05) is 10.7 Å². The van der Waals surface area contributed by atoms with Crippen LogP contribution in [0, 0.1) is 5.41 Å². The average molecular weight is 519 g/mol. The summed E-state index contributed by atoms with van der Waals surface area (Å²) >= 11 is 18.2. The maximum absolute atomic E-state index is 10.9. The minimum atomic E-state index is -0.872. The van der Waals surface area contributed by atoms with Gasteiger partial charge in [-0.25, -0.2) is 5.43 Å². The number of aliphatic hydroxyl groups excluding tert-OH is 1. The highest BCUT2D eigenvalue weighted by molar-refractivity contribution is 6.42. The molecule has 0 saturated carbocycles. The van der Waals surface area contributed by atoms with Gasteiger partial charge in [0.05, 0.1) is 39.9 Å². The average Bonchev–Trinajstić information content (AvgIpc) is 3.09. The number of benzene rings is 3. The van der Waals surface area contributed by atoms with Gasteiger partial charge >= 0.3 is 0 Å². The molecule has 0 radical (unpaired) electrons. The van der Waals surface area contributed by atoms with Crippen LogP contribution in [0.2, 0.25) is 15.1 Å². The van der Waals surface area contributed by atoms with Crippen LogP contribution in [0.15, 0.2) is 78.6 Å². The van der Waals surface area contributed by atoms with E-state index in [4.69, 9.17) is 46.1 Å². The lowest BCUT2D eigenvalue weighted by atomic mass is 10.1. The summed E-state index contributed by atoms with van der Waals surface area (Å²) in [5.41, 5.74) is 5.63. The first-order valence-electron chi connectivity index (χ1n) is 10.5. The zero-order chi connectivity index (χ0) is 24.2. The molecule has 4 rings (SSSR count). The number of hydrogen-bond acceptors (Lipinski definition) is 4. The van der Waals surface area contributed by atoms with Crippen molar-refractivity contribution in [2.45, 2.75) is 19.2 Å². The first-order valence-corrected chi connectivity index (χ1v) is 11.6. The highest BCUT2D eigenvalue weighted by Crippen LogP contribution is 2.27. The Morgan fingerprint density at radius 1 is 1.00 bits per heavy atom. The third-order valence-corrected chi connectivity index (χ3v) is 6.44. The van der Waals surface area contributed by atoms with Gasteiger partial charge in [0.1, 0.15) is 6.54 Å². The molecule has 3 aromatic carbocycles. The van der Waals surface area contributed by atoms with Crippen LogP contribution < -0.4 is 22.2 Å². The number of rotatable bonds is 8. The molecule has 1 heterocycles. The molecule has 0 aliphatic rings. The summed E-state index contributed by atoms with van der Waals surface area (Å²) in [6.45, 7) is 0.537. The van der Waals surface area contributed by atoms with E-state index in [9.17, 15) is 5.11 Å². The van der Waals surface area contributed by atoms with Gasteiger partial charge < -0.3 is 19.6 Å². The van der Waals surface area contributed by atoms with E-state index in [1.54, 1.807) is 35.0 Å². The highest BCUT2D eigenvalue weighted by atomic mass is 35.5. The molecule has 0 saturated heterocycles. The first-order chi connectivity index (χ1) is 16.4. The molecule has 0 aliphatic carbocycles. The van der Waals surface area contributed by atoms with Crippen molar-refractivity contribution < 1.29 is 10.5 Å². The zero-order valence-corrected chi connectivity index (χ0v) is 20.3. The van der Waals surface area contributed by atoms with Gasteiger partial charge in [0.15, 0.2) is 5.70 Å². The Balaban J connectivity index is 1.64. The molecule has 7 nitrogen and oxygen atoms in total. The number of allylic oxidation sites excluding steroid dienone is 1. The Hall–Kier alpha value is -2.78. The van der Waals surface area contributed by atoms with E-state index < -0.39 is 6.10 Å². The van der Waals surface area contributed by atoms with Gasteiger partial charge in [-0.15, -0.1) is 0 Å². The van der Waals surface area contributed by atoms with E-state index in [-0.39, 0.29) is 12.2 Å². The summed E-state index contributed by atoms with van der Waals surface area (Å²) in [7, 11) is 0. The summed E-state index contributed by atoms with van der Waals surface area (Å²) in [6, 6.07) is 20.1. The van der Waals surface area contributed by atoms with Crippen LogP contribution in [-0.2, 0) is 13.1 Å². The topological polar surface area (TPSA) is 109 Å². The largest absolute Gasteiger partial charge is 0.387 e. The number of aromatic nitrogens is 2. The smallest absolute Gasteiger partial charge is 0.203 e. The van der Waals surface area contributed by atoms with E-state index in [2.05, 4.69) is 5.32 Å². The Morgan fingerprint density at radius 3 is 2.41 bits per heavy atom. The highest BCUT2D eigenvalue weighted by Gasteiger charge is 2.17. The number of anilines is 1. The second kappa shape index (κ2) is 10.7. The van der Waals surface area contributed by atoms with Crippen LogP contribution in [0.1, 0.15) is 11.7 Å². The molecular weight excluding hydrogens is 495 g/mol. The standard InChI is InChI=1S/C24H23Cl3N6O/c25-16-4-3-5-17(11-16)30-12-18(31-29)13-32-21-6-1-2-7-22(21)33(24(32)28)14-23(34)15-8-9-19(26)20(27)10-15/h1-12,23,28,30-31,34H,13-14,29H2/p+1/b18-12-,28-24?. The Bertz CT molecular complexity index is 1410. The molecule has 7 N–H and O–H groups in total. The lowest BCUT2D eigenvalue weighted by Gasteiger charge is -2.13. The minimum Gasteiger partial charge on any atom is -0.387 e. The lowest BCUT2D eigenvalue weighted by molar-refractivity contribution is -0.622. The van der Waals surface area contributed by atoms with Crippen molar-refractivity contribution >= 4 is 51.5 Å². The molecule has 0 bridgehead atoms. The molecule has 0 aliphatic heterocycles. The predicted molar refractivity (Wildman–Crippen MR) is 136 cm³/mol. The van der Waals surface area contributed by atoms with Crippen LogP contribution in [0.25, 0.3) is 11.0 Å². The molecule has 0 spiro atoms. The van der Waals surface area contributed by atoms with Crippen molar-refractivity contribution in [1.82, 2.24) is 9.13 Å². The number of fused-ring (bicyclic) bond motifs is 1. The minimum absolute atomic E-state index is 0.177. The summed E-state index contributed by atoms with van der Waals surface area (Å²) in [5, 5.41) is 24.3. The van der Waals surface area contributed by atoms with E-state index in [1.165, 1.54) is 5.43 Å². The fraction of sp³-hybridized carbons (Fsp3) is 0.125. The summed E-state index contributed by atoms with van der Waals surface area (Å²) in [4.78, 5) is 0.